The molecule has 2 N–H and O–H groups in total. The van der Waals surface area contributed by atoms with Crippen LogP contribution >= 0.6 is 11.3 Å². The van der Waals surface area contributed by atoms with Crippen LogP contribution in [-0.4, -0.2) is 66.7 Å². The number of thiophene rings is 1. The maximum Gasteiger partial charge on any atom is 0.412 e. The molecule has 1 aromatic carbocycles. The van der Waals surface area contributed by atoms with Gasteiger partial charge in [-0.1, -0.05) is 18.2 Å². The number of esters is 1. The van der Waals surface area contributed by atoms with Crippen LogP contribution in [-0.2, 0) is 18.9 Å². The van der Waals surface area contributed by atoms with E-state index in [0.29, 0.717) is 18.2 Å². The van der Waals surface area contributed by atoms with Crippen molar-refractivity contribution < 1.29 is 28.5 Å². The Labute approximate surface area is 199 Å². The van der Waals surface area contributed by atoms with Gasteiger partial charge >= 0.3 is 12.1 Å². The van der Waals surface area contributed by atoms with Crippen molar-refractivity contribution >= 4 is 35.0 Å². The van der Waals surface area contributed by atoms with Gasteiger partial charge in [0.2, 0.25) is 5.95 Å². The van der Waals surface area contributed by atoms with Gasteiger partial charge in [-0.05, 0) is 29.6 Å². The maximum absolute atomic E-state index is 12.5. The summed E-state index contributed by atoms with van der Waals surface area (Å²) in [5.74, 6) is -0.0798. The number of nitrogens with zero attached hydrogens (tertiary/aromatic N) is 2. The molecule has 0 spiro atoms. The van der Waals surface area contributed by atoms with Crippen LogP contribution in [0.2, 0.25) is 0 Å². The van der Waals surface area contributed by atoms with Gasteiger partial charge in [-0.3, -0.25) is 5.32 Å². The van der Waals surface area contributed by atoms with Crippen molar-refractivity contribution in [2.75, 3.05) is 31.0 Å². The number of carbonyl (C=O) groups is 2. The van der Waals surface area contributed by atoms with Gasteiger partial charge in [-0.25, -0.2) is 19.6 Å². The Hall–Kier alpha value is -3.54. The van der Waals surface area contributed by atoms with Crippen molar-refractivity contribution in [2.24, 2.45) is 0 Å². The lowest BCUT2D eigenvalue weighted by molar-refractivity contribution is 0.00916. The van der Waals surface area contributed by atoms with Crippen molar-refractivity contribution in [3.8, 4) is 10.6 Å². The quantitative estimate of drug-likeness (QED) is 0.510. The fourth-order valence-electron chi connectivity index (χ4n) is 4.00. The highest BCUT2D eigenvalue weighted by Crippen LogP contribution is 2.31. The molecule has 2 aromatic heterocycles. The summed E-state index contributed by atoms with van der Waals surface area (Å²) in [5.41, 5.74) is 1.36. The first-order chi connectivity index (χ1) is 16.6. The van der Waals surface area contributed by atoms with Crippen molar-refractivity contribution in [2.45, 2.75) is 24.4 Å². The Kier molecular flexibility index (Phi) is 6.39. The molecule has 4 heterocycles. The second-order valence-electron chi connectivity index (χ2n) is 7.70. The van der Waals surface area contributed by atoms with Crippen LogP contribution in [0.25, 0.3) is 10.6 Å². The van der Waals surface area contributed by atoms with Crippen molar-refractivity contribution in [1.82, 2.24) is 9.97 Å². The molecule has 2 aliphatic rings. The smallest absolute Gasteiger partial charge is 0.412 e. The fraction of sp³-hybridized carbons (Fsp3) is 0.304. The summed E-state index contributed by atoms with van der Waals surface area (Å²) in [5, 5.41) is 7.87. The van der Waals surface area contributed by atoms with Crippen molar-refractivity contribution in [3.05, 3.63) is 59.6 Å². The Morgan fingerprint density at radius 2 is 1.94 bits per heavy atom. The number of carbonyl (C=O) groups excluding carboxylic acids is 2. The van der Waals surface area contributed by atoms with Gasteiger partial charge in [-0.15, -0.1) is 11.3 Å². The van der Waals surface area contributed by atoms with E-state index in [1.165, 1.54) is 7.11 Å². The third-order valence-electron chi connectivity index (χ3n) is 5.58. The van der Waals surface area contributed by atoms with E-state index < -0.39 is 24.3 Å². The fourth-order valence-corrected chi connectivity index (χ4v) is 4.70. The van der Waals surface area contributed by atoms with E-state index in [1.807, 2.05) is 23.6 Å². The first-order valence-electron chi connectivity index (χ1n) is 10.6. The van der Waals surface area contributed by atoms with Crippen molar-refractivity contribution in [1.29, 1.82) is 0 Å². The summed E-state index contributed by atoms with van der Waals surface area (Å²) in [4.78, 5) is 34.4. The molecule has 34 heavy (non-hydrogen) atoms. The zero-order chi connectivity index (χ0) is 23.5. The van der Waals surface area contributed by atoms with Crippen LogP contribution in [0, 0.1) is 0 Å². The Bertz CT molecular complexity index is 1170. The SMILES string of the molecule is COC(=O)c1ccccc1NC(=O)OC1COC2C(Nc3nccc(-c4cccs4)n3)COC12. The topological polar surface area (TPSA) is 121 Å². The Balaban J connectivity index is 1.20. The standard InChI is InChI=1S/C23H22N4O6S/c1-30-21(28)13-5-2-3-6-14(13)27-23(29)33-17-12-32-19-16(11-31-20(17)19)26-22-24-9-8-15(25-22)18-7-4-10-34-18/h2-10,16-17,19-20H,11-12H2,1H3,(H,27,29)(H,24,25,26). The number of aromatic nitrogens is 2. The van der Waals surface area contributed by atoms with Gasteiger partial charge in [0.15, 0.2) is 6.10 Å². The molecule has 4 unspecified atom stereocenters. The van der Waals surface area contributed by atoms with E-state index in [-0.39, 0.29) is 24.3 Å². The van der Waals surface area contributed by atoms with Crippen LogP contribution in [0.1, 0.15) is 10.4 Å². The van der Waals surface area contributed by atoms with Crippen LogP contribution in [0.5, 0.6) is 0 Å². The molecule has 4 atom stereocenters. The molecule has 0 bridgehead atoms. The molecule has 3 aromatic rings. The molecule has 5 rings (SSSR count). The predicted molar refractivity (Wildman–Crippen MR) is 124 cm³/mol. The summed E-state index contributed by atoms with van der Waals surface area (Å²) in [6.07, 6.45) is -0.359. The number of amides is 1. The zero-order valence-electron chi connectivity index (χ0n) is 18.2. The average molecular weight is 483 g/mol. The highest BCUT2D eigenvalue weighted by atomic mass is 32.1. The molecule has 2 aliphatic heterocycles. The number of ether oxygens (including phenoxy) is 4. The minimum absolute atomic E-state index is 0.190. The van der Waals surface area contributed by atoms with E-state index in [4.69, 9.17) is 18.9 Å². The van der Waals surface area contributed by atoms with Crippen LogP contribution in [0.3, 0.4) is 0 Å². The lowest BCUT2D eigenvalue weighted by Gasteiger charge is -2.18. The number of hydrogen-bond acceptors (Lipinski definition) is 10. The minimum atomic E-state index is -0.711. The molecule has 1 amide bonds. The lowest BCUT2D eigenvalue weighted by Crippen LogP contribution is -2.38. The monoisotopic (exact) mass is 482 g/mol. The molecule has 0 saturated carbocycles. The van der Waals surface area contributed by atoms with E-state index in [0.717, 1.165) is 10.6 Å². The van der Waals surface area contributed by atoms with Gasteiger partial charge < -0.3 is 24.3 Å². The van der Waals surface area contributed by atoms with Crippen molar-refractivity contribution in [3.63, 3.8) is 0 Å². The van der Waals surface area contributed by atoms with Gasteiger partial charge in [0, 0.05) is 6.20 Å². The highest BCUT2D eigenvalue weighted by molar-refractivity contribution is 7.13. The zero-order valence-corrected chi connectivity index (χ0v) is 19.0. The molecule has 2 fully saturated rings. The third kappa shape index (κ3) is 4.58. The average Bonchev–Trinajstić information content (AvgIpc) is 3.60. The van der Waals surface area contributed by atoms with Gasteiger partial charge in [0.1, 0.15) is 12.2 Å². The summed E-state index contributed by atoms with van der Waals surface area (Å²) in [6.45, 7) is 0.546. The molecular formula is C23H22N4O6S. The van der Waals surface area contributed by atoms with E-state index in [1.54, 1.807) is 41.8 Å². The summed E-state index contributed by atoms with van der Waals surface area (Å²) in [6, 6.07) is 12.2. The number of hydrogen-bond donors (Lipinski definition) is 2. The number of rotatable bonds is 6. The van der Waals surface area contributed by atoms with Crippen LogP contribution in [0.15, 0.2) is 54.0 Å². The van der Waals surface area contributed by atoms with Gasteiger partial charge in [0.25, 0.3) is 0 Å². The number of anilines is 2. The van der Waals surface area contributed by atoms with E-state index in [2.05, 4.69) is 20.6 Å². The highest BCUT2D eigenvalue weighted by Gasteiger charge is 2.49. The molecule has 176 valence electrons. The normalized spacial score (nSPS) is 23.2. The van der Waals surface area contributed by atoms with Crippen LogP contribution in [0.4, 0.5) is 16.4 Å². The minimum Gasteiger partial charge on any atom is -0.465 e. The van der Waals surface area contributed by atoms with Gasteiger partial charge in [-0.2, -0.15) is 0 Å². The first-order valence-corrected chi connectivity index (χ1v) is 11.5. The Morgan fingerprint density at radius 1 is 1.09 bits per heavy atom. The van der Waals surface area contributed by atoms with E-state index >= 15 is 0 Å². The maximum atomic E-state index is 12.5. The Morgan fingerprint density at radius 3 is 2.76 bits per heavy atom. The number of benzene rings is 1. The largest absolute Gasteiger partial charge is 0.465 e. The second-order valence-corrected chi connectivity index (χ2v) is 8.64. The molecule has 0 aliphatic carbocycles. The first kappa shape index (κ1) is 22.3. The summed E-state index contributed by atoms with van der Waals surface area (Å²) < 4.78 is 22.1. The summed E-state index contributed by atoms with van der Waals surface area (Å²) >= 11 is 1.61. The summed E-state index contributed by atoms with van der Waals surface area (Å²) in [7, 11) is 1.28. The van der Waals surface area contributed by atoms with E-state index in [9.17, 15) is 9.59 Å². The number of fused-ring (bicyclic) bond motifs is 1. The van der Waals surface area contributed by atoms with Gasteiger partial charge in [0.05, 0.1) is 48.2 Å². The number of para-hydroxylation sites is 1. The molecule has 11 heteroatoms. The number of methoxy groups -OCH3 is 1. The molecule has 10 nitrogen and oxygen atoms in total. The second kappa shape index (κ2) is 9.75. The molecular weight excluding hydrogens is 460 g/mol. The molecule has 2 saturated heterocycles. The predicted octanol–water partition coefficient (Wildman–Crippen LogP) is 3.19. The van der Waals surface area contributed by atoms with Crippen LogP contribution < -0.4 is 10.6 Å². The molecule has 0 radical (unpaired) electrons. The number of nitrogens with one attached hydrogen (secondary N) is 2. The third-order valence-corrected chi connectivity index (χ3v) is 6.47. The lowest BCUT2D eigenvalue weighted by atomic mass is 10.1.